The van der Waals surface area contributed by atoms with Crippen molar-refractivity contribution in [2.45, 2.75) is 40.0 Å². The highest BCUT2D eigenvalue weighted by Gasteiger charge is 2.06. The second-order valence-electron chi connectivity index (χ2n) is 6.29. The second kappa shape index (κ2) is 9.51. The summed E-state index contributed by atoms with van der Waals surface area (Å²) in [6.07, 6.45) is 3.99. The van der Waals surface area contributed by atoms with Gasteiger partial charge >= 0.3 is 0 Å². The van der Waals surface area contributed by atoms with Crippen LogP contribution in [0.4, 0.5) is 5.69 Å². The van der Waals surface area contributed by atoms with Crippen LogP contribution in [0.1, 0.15) is 53.2 Å². The molecule has 0 heterocycles. The molecule has 0 aliphatic rings. The molecule has 0 unspecified atom stereocenters. The number of rotatable bonds is 7. The number of benzene rings is 2. The summed E-state index contributed by atoms with van der Waals surface area (Å²) in [4.78, 5) is 23.8. The molecule has 0 aromatic heterocycles. The lowest BCUT2D eigenvalue weighted by atomic mass is 10.1. The maximum atomic E-state index is 12.1. The quantitative estimate of drug-likeness (QED) is 0.580. The number of hydrogen-bond donors (Lipinski definition) is 2. The van der Waals surface area contributed by atoms with E-state index in [1.807, 2.05) is 32.9 Å². The van der Waals surface area contributed by atoms with Crippen LogP contribution in [0.5, 0.6) is 0 Å². The number of amides is 2. The number of unbranched alkanes of at least 4 members (excludes halogenated alkanes) is 1. The van der Waals surface area contributed by atoms with Gasteiger partial charge in [-0.25, -0.2) is 5.43 Å². The van der Waals surface area contributed by atoms with Crippen molar-refractivity contribution in [2.24, 2.45) is 5.10 Å². The van der Waals surface area contributed by atoms with Crippen LogP contribution in [0, 0.1) is 13.8 Å². The van der Waals surface area contributed by atoms with E-state index in [0.29, 0.717) is 17.7 Å². The second-order valence-corrected chi connectivity index (χ2v) is 6.29. The SMILES string of the molecule is CCCCC(=O)Nc1ccc(C(=O)N/N=C/c2ccc(C)cc2C)cc1. The van der Waals surface area contributed by atoms with Gasteiger partial charge in [-0.05, 0) is 55.7 Å². The minimum atomic E-state index is -0.296. The van der Waals surface area contributed by atoms with Crippen molar-refractivity contribution >= 4 is 23.7 Å². The van der Waals surface area contributed by atoms with Crippen LogP contribution < -0.4 is 10.7 Å². The van der Waals surface area contributed by atoms with Crippen LogP contribution in [0.3, 0.4) is 0 Å². The van der Waals surface area contributed by atoms with Crippen molar-refractivity contribution in [3.05, 3.63) is 64.7 Å². The van der Waals surface area contributed by atoms with Crippen LogP contribution >= 0.6 is 0 Å². The van der Waals surface area contributed by atoms with Gasteiger partial charge in [0.05, 0.1) is 6.21 Å². The Labute approximate surface area is 154 Å². The summed E-state index contributed by atoms with van der Waals surface area (Å²) in [6.45, 7) is 6.08. The lowest BCUT2D eigenvalue weighted by Crippen LogP contribution is -2.18. The highest BCUT2D eigenvalue weighted by atomic mass is 16.2. The van der Waals surface area contributed by atoms with Crippen LogP contribution in [0.2, 0.25) is 0 Å². The van der Waals surface area contributed by atoms with Crippen LogP contribution in [-0.4, -0.2) is 18.0 Å². The molecular formula is C21H25N3O2. The first kappa shape index (κ1) is 19.4. The molecule has 0 aliphatic carbocycles. The smallest absolute Gasteiger partial charge is 0.271 e. The molecule has 0 aliphatic heterocycles. The van der Waals surface area contributed by atoms with Crippen molar-refractivity contribution in [2.75, 3.05) is 5.32 Å². The molecule has 0 spiro atoms. The Hall–Kier alpha value is -2.95. The normalized spacial score (nSPS) is 10.7. The zero-order chi connectivity index (χ0) is 18.9. The molecule has 5 nitrogen and oxygen atoms in total. The predicted octanol–water partition coefficient (Wildman–Crippen LogP) is 4.20. The molecule has 2 aromatic carbocycles. The first-order valence-electron chi connectivity index (χ1n) is 8.80. The minimum Gasteiger partial charge on any atom is -0.326 e. The monoisotopic (exact) mass is 351 g/mol. The molecule has 5 heteroatoms. The Kier molecular flexibility index (Phi) is 7.09. The summed E-state index contributed by atoms with van der Waals surface area (Å²) in [5.74, 6) is -0.308. The van der Waals surface area contributed by atoms with Gasteiger partial charge in [-0.2, -0.15) is 5.10 Å². The Morgan fingerprint density at radius 1 is 1.08 bits per heavy atom. The van der Waals surface area contributed by atoms with Crippen molar-refractivity contribution in [3.8, 4) is 0 Å². The summed E-state index contributed by atoms with van der Waals surface area (Å²) in [5.41, 5.74) is 6.93. The van der Waals surface area contributed by atoms with E-state index in [1.54, 1.807) is 30.5 Å². The molecule has 2 amide bonds. The van der Waals surface area contributed by atoms with Crippen molar-refractivity contribution in [3.63, 3.8) is 0 Å². The van der Waals surface area contributed by atoms with Gasteiger partial charge in [0.25, 0.3) is 5.91 Å². The zero-order valence-corrected chi connectivity index (χ0v) is 15.5. The van der Waals surface area contributed by atoms with E-state index < -0.39 is 0 Å². The predicted molar refractivity (Wildman–Crippen MR) is 106 cm³/mol. The van der Waals surface area contributed by atoms with Gasteiger partial charge in [0.15, 0.2) is 0 Å². The molecule has 26 heavy (non-hydrogen) atoms. The number of aryl methyl sites for hydroxylation is 2. The van der Waals surface area contributed by atoms with Crippen molar-refractivity contribution < 1.29 is 9.59 Å². The van der Waals surface area contributed by atoms with Gasteiger partial charge in [0.1, 0.15) is 0 Å². The molecule has 0 radical (unpaired) electrons. The molecule has 0 saturated carbocycles. The lowest BCUT2D eigenvalue weighted by Gasteiger charge is -2.06. The number of nitrogens with one attached hydrogen (secondary N) is 2. The maximum Gasteiger partial charge on any atom is 0.271 e. The molecule has 136 valence electrons. The summed E-state index contributed by atoms with van der Waals surface area (Å²) >= 11 is 0. The Bertz CT molecular complexity index is 795. The van der Waals surface area contributed by atoms with Gasteiger partial charge in [0, 0.05) is 17.7 Å². The standard InChI is InChI=1S/C21H25N3O2/c1-4-5-6-20(25)23-19-11-9-17(10-12-19)21(26)24-22-14-18-8-7-15(2)13-16(18)3/h7-14H,4-6H2,1-3H3,(H,23,25)(H,24,26)/b22-14+. The number of anilines is 1. The number of carbonyl (C=O) groups is 2. The first-order chi connectivity index (χ1) is 12.5. The fraction of sp³-hybridized carbons (Fsp3) is 0.286. The van der Waals surface area contributed by atoms with E-state index in [4.69, 9.17) is 0 Å². The van der Waals surface area contributed by atoms with E-state index >= 15 is 0 Å². The van der Waals surface area contributed by atoms with Crippen LogP contribution in [-0.2, 0) is 4.79 Å². The van der Waals surface area contributed by atoms with E-state index in [1.165, 1.54) is 5.56 Å². The fourth-order valence-corrected chi connectivity index (χ4v) is 2.46. The van der Waals surface area contributed by atoms with Gasteiger partial charge in [-0.15, -0.1) is 0 Å². The summed E-state index contributed by atoms with van der Waals surface area (Å²) < 4.78 is 0. The average Bonchev–Trinajstić information content (AvgIpc) is 2.62. The van der Waals surface area contributed by atoms with E-state index in [9.17, 15) is 9.59 Å². The third kappa shape index (κ3) is 5.84. The van der Waals surface area contributed by atoms with E-state index in [2.05, 4.69) is 21.9 Å². The topological polar surface area (TPSA) is 70.6 Å². The number of hydrazone groups is 1. The summed E-state index contributed by atoms with van der Waals surface area (Å²) in [7, 11) is 0. The van der Waals surface area contributed by atoms with Crippen LogP contribution in [0.15, 0.2) is 47.6 Å². The summed E-state index contributed by atoms with van der Waals surface area (Å²) in [6, 6.07) is 12.8. The van der Waals surface area contributed by atoms with Gasteiger partial charge in [-0.1, -0.05) is 37.1 Å². The van der Waals surface area contributed by atoms with E-state index in [0.717, 1.165) is 24.0 Å². The summed E-state index contributed by atoms with van der Waals surface area (Å²) in [5, 5.41) is 6.84. The Morgan fingerprint density at radius 2 is 1.81 bits per heavy atom. The van der Waals surface area contributed by atoms with Crippen molar-refractivity contribution in [1.29, 1.82) is 0 Å². The van der Waals surface area contributed by atoms with Gasteiger partial charge in [-0.3, -0.25) is 9.59 Å². The number of nitrogens with zero attached hydrogens (tertiary/aromatic N) is 1. The number of hydrogen-bond acceptors (Lipinski definition) is 3. The fourth-order valence-electron chi connectivity index (χ4n) is 2.46. The van der Waals surface area contributed by atoms with E-state index in [-0.39, 0.29) is 11.8 Å². The molecule has 0 bridgehead atoms. The Morgan fingerprint density at radius 3 is 2.46 bits per heavy atom. The largest absolute Gasteiger partial charge is 0.326 e. The average molecular weight is 351 g/mol. The molecular weight excluding hydrogens is 326 g/mol. The third-order valence-corrected chi connectivity index (χ3v) is 3.98. The lowest BCUT2D eigenvalue weighted by molar-refractivity contribution is -0.116. The first-order valence-corrected chi connectivity index (χ1v) is 8.80. The van der Waals surface area contributed by atoms with Crippen molar-refractivity contribution in [1.82, 2.24) is 5.43 Å². The molecule has 0 saturated heterocycles. The maximum absolute atomic E-state index is 12.1. The highest BCUT2D eigenvalue weighted by molar-refractivity contribution is 5.96. The molecule has 2 rings (SSSR count). The van der Waals surface area contributed by atoms with Gasteiger partial charge < -0.3 is 5.32 Å². The molecule has 0 atom stereocenters. The molecule has 2 N–H and O–H groups in total. The Balaban J connectivity index is 1.91. The van der Waals surface area contributed by atoms with Crippen LogP contribution in [0.25, 0.3) is 0 Å². The highest BCUT2D eigenvalue weighted by Crippen LogP contribution is 2.11. The number of carbonyl (C=O) groups excluding carboxylic acids is 2. The molecule has 0 fully saturated rings. The zero-order valence-electron chi connectivity index (χ0n) is 15.5. The van der Waals surface area contributed by atoms with Gasteiger partial charge in [0.2, 0.25) is 5.91 Å². The minimum absolute atomic E-state index is 0.0119. The molecule has 2 aromatic rings. The third-order valence-electron chi connectivity index (χ3n) is 3.98.